The molecule has 2 aliphatic rings. The van der Waals surface area contributed by atoms with Gasteiger partial charge in [-0.1, -0.05) is 70.0 Å². The smallest absolute Gasteiger partial charge is 0.175 e. The second-order valence-corrected chi connectivity index (χ2v) is 8.56. The van der Waals surface area contributed by atoms with Gasteiger partial charge in [0.05, 0.1) is 5.02 Å². The summed E-state index contributed by atoms with van der Waals surface area (Å²) >= 11 is 9.66. The van der Waals surface area contributed by atoms with Gasteiger partial charge in [0.1, 0.15) is 11.4 Å². The number of benzene rings is 2. The Kier molecular flexibility index (Phi) is 5.42. The van der Waals surface area contributed by atoms with Crippen molar-refractivity contribution in [2.45, 2.75) is 30.0 Å². The molecule has 0 radical (unpaired) electrons. The number of nitrogens with zero attached hydrogens (tertiary/aromatic N) is 1. The van der Waals surface area contributed by atoms with Crippen LogP contribution in [-0.4, -0.2) is 17.1 Å². The maximum Gasteiger partial charge on any atom is 0.175 e. The van der Waals surface area contributed by atoms with E-state index in [9.17, 15) is 5.11 Å². The van der Waals surface area contributed by atoms with Gasteiger partial charge < -0.3 is 15.6 Å². The highest BCUT2D eigenvalue weighted by Gasteiger charge is 2.69. The van der Waals surface area contributed by atoms with Crippen LogP contribution in [0.3, 0.4) is 0 Å². The van der Waals surface area contributed by atoms with Gasteiger partial charge in [0, 0.05) is 22.7 Å². The van der Waals surface area contributed by atoms with Crippen LogP contribution in [0.1, 0.15) is 35.6 Å². The van der Waals surface area contributed by atoms with Crippen LogP contribution in [0.5, 0.6) is 5.75 Å². The van der Waals surface area contributed by atoms with Crippen LogP contribution in [0.2, 0.25) is 5.02 Å². The van der Waals surface area contributed by atoms with E-state index in [0.717, 1.165) is 22.0 Å². The lowest BCUT2D eigenvalue weighted by Gasteiger charge is -2.39. The van der Waals surface area contributed by atoms with Gasteiger partial charge in [0.2, 0.25) is 0 Å². The number of rotatable bonds is 2. The van der Waals surface area contributed by atoms with Crippen molar-refractivity contribution >= 4 is 27.5 Å². The van der Waals surface area contributed by atoms with Gasteiger partial charge in [0.15, 0.2) is 11.2 Å². The van der Waals surface area contributed by atoms with Gasteiger partial charge in [-0.15, -0.1) is 0 Å². The number of pyridine rings is 1. The zero-order chi connectivity index (χ0) is 20.6. The van der Waals surface area contributed by atoms with Crippen LogP contribution in [0.4, 0.5) is 0 Å². The maximum absolute atomic E-state index is 11.9. The van der Waals surface area contributed by atoms with Crippen molar-refractivity contribution < 1.29 is 9.84 Å². The number of hydrogen-bond donors (Lipinski definition) is 2. The molecule has 3 atom stereocenters. The van der Waals surface area contributed by atoms with Crippen LogP contribution in [-0.2, 0) is 11.2 Å². The van der Waals surface area contributed by atoms with Gasteiger partial charge in [-0.25, -0.2) is 0 Å². The Labute approximate surface area is 183 Å². The molecule has 3 aromatic rings. The topological polar surface area (TPSA) is 68.4 Å². The number of ether oxygens (including phenoxy) is 1. The van der Waals surface area contributed by atoms with E-state index in [0.29, 0.717) is 22.9 Å². The fourth-order valence-corrected chi connectivity index (χ4v) is 5.16. The molecule has 1 aromatic heterocycles. The summed E-state index contributed by atoms with van der Waals surface area (Å²) in [7, 11) is 1.50. The normalized spacial score (nSPS) is 26.7. The summed E-state index contributed by atoms with van der Waals surface area (Å²) < 4.78 is 7.57. The number of fused-ring (bicyclic) bond motifs is 3. The molecule has 1 aliphatic heterocycles. The van der Waals surface area contributed by atoms with E-state index < -0.39 is 11.2 Å². The second-order valence-electron chi connectivity index (χ2n) is 7.21. The van der Waals surface area contributed by atoms with E-state index in [1.165, 1.54) is 7.05 Å². The highest BCUT2D eigenvalue weighted by molar-refractivity contribution is 9.10. The first-order chi connectivity index (χ1) is 14.0. The Balaban J connectivity index is 0.000000994. The van der Waals surface area contributed by atoms with Gasteiger partial charge in [-0.2, -0.15) is 0 Å². The van der Waals surface area contributed by atoms with Gasteiger partial charge in [-0.3, -0.25) is 4.98 Å². The monoisotopic (exact) mass is 472 g/mol. The van der Waals surface area contributed by atoms with Crippen LogP contribution in [0, 0.1) is 0 Å². The van der Waals surface area contributed by atoms with E-state index in [4.69, 9.17) is 16.3 Å². The Morgan fingerprint density at radius 1 is 1.14 bits per heavy atom. The minimum Gasteiger partial charge on any atom is -0.476 e. The lowest BCUT2D eigenvalue weighted by molar-refractivity contribution is -0.107. The molecule has 6 heteroatoms. The molecular formula is C23H22BrClN2O2. The first kappa shape index (κ1) is 20.4. The zero-order valence-corrected chi connectivity index (χ0v) is 18.3. The van der Waals surface area contributed by atoms with E-state index >= 15 is 0 Å². The van der Waals surface area contributed by atoms with E-state index in [-0.39, 0.29) is 5.92 Å². The van der Waals surface area contributed by atoms with Gasteiger partial charge in [0.25, 0.3) is 0 Å². The molecule has 0 bridgehead atoms. The molecule has 29 heavy (non-hydrogen) atoms. The van der Waals surface area contributed by atoms with Gasteiger partial charge >= 0.3 is 0 Å². The van der Waals surface area contributed by atoms with Crippen molar-refractivity contribution in [3.8, 4) is 5.75 Å². The first-order valence-electron chi connectivity index (χ1n) is 9.51. The van der Waals surface area contributed by atoms with Gasteiger partial charge in [-0.05, 0) is 43.1 Å². The molecule has 3 N–H and O–H groups in total. The summed E-state index contributed by atoms with van der Waals surface area (Å²) in [6, 6.07) is 20.0. The summed E-state index contributed by atoms with van der Waals surface area (Å²) in [6.45, 7) is 0. The van der Waals surface area contributed by atoms with Crippen LogP contribution < -0.4 is 10.5 Å². The Morgan fingerprint density at radius 2 is 1.83 bits per heavy atom. The molecular weight excluding hydrogens is 452 g/mol. The Hall–Kier alpha value is -1.92. The molecule has 1 saturated carbocycles. The van der Waals surface area contributed by atoms with Crippen molar-refractivity contribution in [1.82, 2.24) is 4.98 Å². The molecule has 5 rings (SSSR count). The van der Waals surface area contributed by atoms with Crippen molar-refractivity contribution in [2.24, 2.45) is 5.73 Å². The summed E-state index contributed by atoms with van der Waals surface area (Å²) in [6.07, 6.45) is 2.96. The number of aromatic nitrogens is 1. The highest BCUT2D eigenvalue weighted by atomic mass is 79.9. The van der Waals surface area contributed by atoms with Crippen LogP contribution in [0.25, 0.3) is 0 Å². The molecule has 150 valence electrons. The summed E-state index contributed by atoms with van der Waals surface area (Å²) in [5, 5.41) is 12.4. The van der Waals surface area contributed by atoms with Crippen molar-refractivity contribution in [2.75, 3.05) is 7.05 Å². The summed E-state index contributed by atoms with van der Waals surface area (Å²) in [5.41, 5.74) is 5.02. The largest absolute Gasteiger partial charge is 0.476 e. The third-order valence-corrected chi connectivity index (χ3v) is 6.59. The maximum atomic E-state index is 11.9. The predicted molar refractivity (Wildman–Crippen MR) is 118 cm³/mol. The molecule has 2 aromatic carbocycles. The highest BCUT2D eigenvalue weighted by Crippen LogP contribution is 2.66. The third kappa shape index (κ3) is 2.99. The second kappa shape index (κ2) is 7.73. The molecule has 2 heterocycles. The number of halogens is 2. The molecule has 1 aliphatic carbocycles. The van der Waals surface area contributed by atoms with E-state index in [1.54, 1.807) is 12.3 Å². The molecule has 0 amide bonds. The zero-order valence-electron chi connectivity index (χ0n) is 16.0. The molecule has 4 nitrogen and oxygen atoms in total. The average molecular weight is 474 g/mol. The minimum atomic E-state index is -1.21. The lowest BCUT2D eigenvalue weighted by Crippen LogP contribution is -2.48. The van der Waals surface area contributed by atoms with E-state index in [1.807, 2.05) is 42.5 Å². The van der Waals surface area contributed by atoms with Crippen molar-refractivity contribution in [3.05, 3.63) is 93.2 Å². The number of aliphatic hydroxyl groups is 1. The quantitative estimate of drug-likeness (QED) is 0.542. The van der Waals surface area contributed by atoms with Crippen LogP contribution >= 0.6 is 27.5 Å². The van der Waals surface area contributed by atoms with Crippen LogP contribution in [0.15, 0.2) is 71.3 Å². The fourth-order valence-electron chi connectivity index (χ4n) is 4.75. The third-order valence-electron chi connectivity index (χ3n) is 5.86. The molecule has 0 saturated heterocycles. The summed E-state index contributed by atoms with van der Waals surface area (Å²) in [5.74, 6) is 0.561. The average Bonchev–Trinajstić information content (AvgIpc) is 3.17. The number of nitrogens with two attached hydrogens (primary N) is 1. The first-order valence-corrected chi connectivity index (χ1v) is 10.7. The lowest BCUT2D eigenvalue weighted by atomic mass is 9.73. The predicted octanol–water partition coefficient (Wildman–Crippen LogP) is 5.13. The molecule has 3 unspecified atom stereocenters. The number of hydrogen-bond acceptors (Lipinski definition) is 4. The SMILES string of the molecule is CN.OC12CCC(c3ccccc3)C1(c1ccc(Br)cc1)Oc1cc(Cl)cnc12. The van der Waals surface area contributed by atoms with E-state index in [2.05, 4.69) is 38.8 Å². The fraction of sp³-hybridized carbons (Fsp3) is 0.261. The minimum absolute atomic E-state index is 0.00199. The molecule has 1 fully saturated rings. The van der Waals surface area contributed by atoms with Crippen molar-refractivity contribution in [1.29, 1.82) is 0 Å². The summed E-state index contributed by atoms with van der Waals surface area (Å²) in [4.78, 5) is 4.47. The molecule has 0 spiro atoms. The Morgan fingerprint density at radius 3 is 2.52 bits per heavy atom. The standard InChI is InChI=1S/C22H17BrClNO2.CH5N/c23-16-8-6-15(7-9-16)22-18(14-4-2-1-3-5-14)10-11-21(22,26)20-19(27-22)12-17(24)13-25-20;1-2/h1-9,12-13,18,26H,10-11H2;2H2,1H3. The van der Waals surface area contributed by atoms with Crippen molar-refractivity contribution in [3.63, 3.8) is 0 Å². The Bertz CT molecular complexity index is 1020.